The number of aromatic nitrogens is 2. The molecular weight excluding hydrogens is 132 g/mol. The molecule has 0 spiro atoms. The Morgan fingerprint density at radius 2 is 2.44 bits per heavy atom. The Morgan fingerprint density at radius 1 is 1.67 bits per heavy atom. The van der Waals surface area contributed by atoms with Gasteiger partial charge < -0.3 is 0 Å². The summed E-state index contributed by atoms with van der Waals surface area (Å²) in [5, 5.41) is 0. The molecule has 0 unspecified atom stereocenters. The summed E-state index contributed by atoms with van der Waals surface area (Å²) in [5.74, 6) is 0. The van der Waals surface area contributed by atoms with E-state index >= 15 is 0 Å². The number of thiol groups is 1. The van der Waals surface area contributed by atoms with E-state index in [2.05, 4.69) is 29.2 Å². The molecule has 1 aromatic rings. The van der Waals surface area contributed by atoms with Gasteiger partial charge in [0.05, 0.1) is 5.69 Å². The van der Waals surface area contributed by atoms with E-state index in [1.807, 2.05) is 0 Å². The van der Waals surface area contributed by atoms with Gasteiger partial charge in [-0.1, -0.05) is 6.58 Å². The fraction of sp³-hybridized carbons (Fsp3) is 0. The Balaban J connectivity index is 3.15. The zero-order chi connectivity index (χ0) is 6.69. The molecule has 0 saturated carbocycles. The minimum absolute atomic E-state index is 0.757. The molecule has 9 heavy (non-hydrogen) atoms. The van der Waals surface area contributed by atoms with Crippen molar-refractivity contribution < 1.29 is 0 Å². The molecule has 1 rings (SSSR count). The lowest BCUT2D eigenvalue weighted by atomic mass is 10.4. The van der Waals surface area contributed by atoms with Crippen LogP contribution in [0.4, 0.5) is 0 Å². The van der Waals surface area contributed by atoms with Crippen LogP contribution in [0.15, 0.2) is 24.0 Å². The van der Waals surface area contributed by atoms with Crippen LogP contribution in [0.3, 0.4) is 0 Å². The Bertz CT molecular complexity index is 222. The van der Waals surface area contributed by atoms with Gasteiger partial charge in [0.15, 0.2) is 0 Å². The third-order valence-electron chi connectivity index (χ3n) is 0.916. The second-order valence-corrected chi connectivity index (χ2v) is 1.98. The van der Waals surface area contributed by atoms with E-state index in [-0.39, 0.29) is 0 Å². The lowest BCUT2D eigenvalue weighted by Gasteiger charge is -1.92. The summed E-state index contributed by atoms with van der Waals surface area (Å²) in [4.78, 5) is 8.41. The molecule has 1 aromatic heterocycles. The highest BCUT2D eigenvalue weighted by Crippen LogP contribution is 2.07. The van der Waals surface area contributed by atoms with Gasteiger partial charge in [-0.3, -0.25) is 0 Å². The van der Waals surface area contributed by atoms with Crippen molar-refractivity contribution in [3.63, 3.8) is 0 Å². The summed E-state index contributed by atoms with van der Waals surface area (Å²) >= 11 is 4.08. The molecular formula is C6H6N2S. The summed E-state index contributed by atoms with van der Waals surface area (Å²) in [6, 6.07) is 0. The molecule has 0 fully saturated rings. The summed E-state index contributed by atoms with van der Waals surface area (Å²) in [5.41, 5.74) is 0.772. The summed E-state index contributed by atoms with van der Waals surface area (Å²) in [6.07, 6.45) is 4.74. The third kappa shape index (κ3) is 1.29. The first-order valence-electron chi connectivity index (χ1n) is 2.46. The zero-order valence-corrected chi connectivity index (χ0v) is 5.68. The van der Waals surface area contributed by atoms with Crippen molar-refractivity contribution in [2.24, 2.45) is 0 Å². The summed E-state index contributed by atoms with van der Waals surface area (Å²) in [6.45, 7) is 3.55. The molecule has 0 aliphatic carbocycles. The van der Waals surface area contributed by atoms with Crippen molar-refractivity contribution in [1.29, 1.82) is 0 Å². The molecule has 0 bridgehead atoms. The third-order valence-corrected chi connectivity index (χ3v) is 1.26. The smallest absolute Gasteiger partial charge is 0.116 e. The normalized spacial score (nSPS) is 9.00. The minimum atomic E-state index is 0.757. The van der Waals surface area contributed by atoms with E-state index in [0.29, 0.717) is 0 Å². The predicted octanol–water partition coefficient (Wildman–Crippen LogP) is 1.41. The van der Waals surface area contributed by atoms with Gasteiger partial charge in [0.2, 0.25) is 0 Å². The highest BCUT2D eigenvalue weighted by molar-refractivity contribution is 7.80. The molecule has 0 aliphatic rings. The van der Waals surface area contributed by atoms with Crippen molar-refractivity contribution in [1.82, 2.24) is 9.97 Å². The molecule has 0 N–H and O–H groups in total. The van der Waals surface area contributed by atoms with Crippen molar-refractivity contribution in [2.45, 2.75) is 4.90 Å². The highest BCUT2D eigenvalue weighted by Gasteiger charge is 1.90. The fourth-order valence-electron chi connectivity index (χ4n) is 0.489. The van der Waals surface area contributed by atoms with E-state index in [4.69, 9.17) is 0 Å². The molecule has 3 heteroatoms. The molecule has 2 nitrogen and oxygen atoms in total. The Labute approximate surface area is 59.1 Å². The maximum atomic E-state index is 4.08. The van der Waals surface area contributed by atoms with Gasteiger partial charge in [-0.15, -0.1) is 12.6 Å². The molecule has 0 saturated heterocycles. The van der Waals surface area contributed by atoms with E-state index in [1.54, 1.807) is 12.3 Å². The van der Waals surface area contributed by atoms with Crippen LogP contribution >= 0.6 is 12.6 Å². The standard InChI is InChI=1S/C6H6N2S/c1-2-5-6(9)3-7-4-8-5/h2-4,9H,1H2. The van der Waals surface area contributed by atoms with Crippen LogP contribution < -0.4 is 0 Å². The Kier molecular flexibility index (Phi) is 1.85. The second kappa shape index (κ2) is 2.64. The van der Waals surface area contributed by atoms with Gasteiger partial charge in [-0.05, 0) is 6.08 Å². The first-order chi connectivity index (χ1) is 4.34. The minimum Gasteiger partial charge on any atom is -0.244 e. The van der Waals surface area contributed by atoms with Gasteiger partial charge in [-0.25, -0.2) is 9.97 Å². The van der Waals surface area contributed by atoms with Crippen LogP contribution in [0, 0.1) is 0 Å². The van der Waals surface area contributed by atoms with Crippen LogP contribution in [0.25, 0.3) is 6.08 Å². The van der Waals surface area contributed by atoms with Crippen LogP contribution in [-0.2, 0) is 0 Å². The first kappa shape index (κ1) is 6.29. The van der Waals surface area contributed by atoms with Gasteiger partial charge in [0.1, 0.15) is 6.33 Å². The topological polar surface area (TPSA) is 25.8 Å². The molecule has 1 heterocycles. The monoisotopic (exact) mass is 138 g/mol. The van der Waals surface area contributed by atoms with E-state index in [9.17, 15) is 0 Å². The van der Waals surface area contributed by atoms with Gasteiger partial charge >= 0.3 is 0 Å². The summed E-state index contributed by atoms with van der Waals surface area (Å²) < 4.78 is 0. The molecule has 0 atom stereocenters. The maximum absolute atomic E-state index is 4.08. The number of hydrogen-bond acceptors (Lipinski definition) is 3. The average Bonchev–Trinajstić information content (AvgIpc) is 1.89. The maximum Gasteiger partial charge on any atom is 0.116 e. The van der Waals surface area contributed by atoms with Crippen molar-refractivity contribution in [3.05, 3.63) is 24.8 Å². The predicted molar refractivity (Wildman–Crippen MR) is 39.4 cm³/mol. The number of hydrogen-bond donors (Lipinski definition) is 1. The second-order valence-electron chi connectivity index (χ2n) is 1.50. The Hall–Kier alpha value is -0.830. The molecule has 46 valence electrons. The van der Waals surface area contributed by atoms with E-state index in [1.165, 1.54) is 6.33 Å². The largest absolute Gasteiger partial charge is 0.244 e. The van der Waals surface area contributed by atoms with Crippen LogP contribution in [0.1, 0.15) is 5.69 Å². The van der Waals surface area contributed by atoms with Crippen molar-refractivity contribution in [3.8, 4) is 0 Å². The van der Waals surface area contributed by atoms with Gasteiger partial charge in [0, 0.05) is 11.1 Å². The van der Waals surface area contributed by atoms with Crippen LogP contribution in [-0.4, -0.2) is 9.97 Å². The highest BCUT2D eigenvalue weighted by atomic mass is 32.1. The van der Waals surface area contributed by atoms with Gasteiger partial charge in [0.25, 0.3) is 0 Å². The molecule has 0 amide bonds. The Morgan fingerprint density at radius 3 is 2.89 bits per heavy atom. The van der Waals surface area contributed by atoms with Crippen molar-refractivity contribution >= 4 is 18.7 Å². The van der Waals surface area contributed by atoms with Crippen LogP contribution in [0.2, 0.25) is 0 Å². The molecule has 0 aromatic carbocycles. The van der Waals surface area contributed by atoms with E-state index in [0.717, 1.165) is 10.6 Å². The van der Waals surface area contributed by atoms with Crippen LogP contribution in [0.5, 0.6) is 0 Å². The number of rotatable bonds is 1. The first-order valence-corrected chi connectivity index (χ1v) is 2.90. The quantitative estimate of drug-likeness (QED) is 0.594. The van der Waals surface area contributed by atoms with E-state index < -0.39 is 0 Å². The fourth-order valence-corrected chi connectivity index (χ4v) is 0.705. The summed E-state index contributed by atoms with van der Waals surface area (Å²) in [7, 11) is 0. The molecule has 0 radical (unpaired) electrons. The molecule has 0 aliphatic heterocycles. The lowest BCUT2D eigenvalue weighted by Crippen LogP contribution is -1.82. The van der Waals surface area contributed by atoms with Gasteiger partial charge in [-0.2, -0.15) is 0 Å². The number of nitrogens with zero attached hydrogens (tertiary/aromatic N) is 2. The SMILES string of the molecule is C=Cc1ncncc1S. The van der Waals surface area contributed by atoms with Crippen molar-refractivity contribution in [2.75, 3.05) is 0 Å². The lowest BCUT2D eigenvalue weighted by molar-refractivity contribution is 1.08. The average molecular weight is 138 g/mol. The zero-order valence-electron chi connectivity index (χ0n) is 4.78.